The monoisotopic (exact) mass is 418 g/mol. The Morgan fingerprint density at radius 2 is 1.83 bits per heavy atom. The van der Waals surface area contributed by atoms with Crippen molar-refractivity contribution in [2.75, 3.05) is 11.9 Å². The van der Waals surface area contributed by atoms with Crippen molar-refractivity contribution < 1.29 is 23.9 Å². The van der Waals surface area contributed by atoms with Crippen LogP contribution in [0.15, 0.2) is 18.2 Å². The first-order chi connectivity index (χ1) is 13.8. The molecule has 1 aromatic carbocycles. The van der Waals surface area contributed by atoms with Crippen LogP contribution in [0.5, 0.6) is 0 Å². The second kappa shape index (κ2) is 7.44. The Labute approximate surface area is 173 Å². The van der Waals surface area contributed by atoms with E-state index in [9.17, 15) is 19.2 Å². The summed E-state index contributed by atoms with van der Waals surface area (Å²) < 4.78 is 5.08. The lowest BCUT2D eigenvalue weighted by molar-refractivity contribution is -0.159. The predicted octanol–water partition coefficient (Wildman–Crippen LogP) is 2.55. The van der Waals surface area contributed by atoms with E-state index in [1.54, 1.807) is 18.2 Å². The highest BCUT2D eigenvalue weighted by Crippen LogP contribution is 2.56. The maximum atomic E-state index is 12.8. The molecule has 1 N–H and O–H groups in total. The highest BCUT2D eigenvalue weighted by atomic mass is 35.5. The van der Waals surface area contributed by atoms with Gasteiger partial charge >= 0.3 is 5.97 Å². The molecule has 0 unspecified atom stereocenters. The normalized spacial score (nSPS) is 28.4. The summed E-state index contributed by atoms with van der Waals surface area (Å²) in [5, 5.41) is 3.11. The molecule has 2 saturated carbocycles. The van der Waals surface area contributed by atoms with E-state index in [4.69, 9.17) is 16.3 Å². The number of ether oxygens (including phenoxy) is 1. The molecule has 7 nitrogen and oxygen atoms in total. The average molecular weight is 419 g/mol. The molecule has 0 radical (unpaired) electrons. The van der Waals surface area contributed by atoms with Crippen LogP contribution >= 0.6 is 11.6 Å². The number of carbonyl (C=O) groups excluding carboxylic acids is 4. The largest absolute Gasteiger partial charge is 0.454 e. The number of aryl methyl sites for hydroxylation is 1. The van der Waals surface area contributed by atoms with Gasteiger partial charge in [0.15, 0.2) is 6.61 Å². The van der Waals surface area contributed by atoms with Gasteiger partial charge in [-0.3, -0.25) is 19.3 Å². The van der Waals surface area contributed by atoms with Gasteiger partial charge in [-0.25, -0.2) is 4.79 Å². The smallest absolute Gasteiger partial charge is 0.329 e. The summed E-state index contributed by atoms with van der Waals surface area (Å²) in [6.07, 6.45) is 2.88. The third-order valence-corrected chi connectivity index (χ3v) is 6.74. The van der Waals surface area contributed by atoms with Crippen molar-refractivity contribution in [2.24, 2.45) is 23.7 Å². The molecule has 2 bridgehead atoms. The van der Waals surface area contributed by atoms with E-state index >= 15 is 0 Å². The van der Waals surface area contributed by atoms with Crippen molar-refractivity contribution in [2.45, 2.75) is 39.2 Å². The molecule has 2 aliphatic carbocycles. The number of nitrogens with zero attached hydrogens (tertiary/aromatic N) is 1. The summed E-state index contributed by atoms with van der Waals surface area (Å²) in [4.78, 5) is 51.2. The topological polar surface area (TPSA) is 92.8 Å². The molecule has 0 aromatic heterocycles. The maximum Gasteiger partial charge on any atom is 0.329 e. The summed E-state index contributed by atoms with van der Waals surface area (Å²) in [6.45, 7) is 2.78. The molecule has 5 atom stereocenters. The lowest BCUT2D eigenvalue weighted by atomic mass is 9.81. The second-order valence-electron chi connectivity index (χ2n) is 8.22. The van der Waals surface area contributed by atoms with Crippen LogP contribution in [0, 0.1) is 30.6 Å². The molecular weight excluding hydrogens is 396 g/mol. The van der Waals surface area contributed by atoms with Crippen molar-refractivity contribution in [3.05, 3.63) is 28.8 Å². The van der Waals surface area contributed by atoms with Crippen LogP contribution in [0.2, 0.25) is 5.02 Å². The zero-order chi connectivity index (χ0) is 20.9. The fraction of sp³-hybridized carbons (Fsp3) is 0.524. The van der Waals surface area contributed by atoms with Crippen LogP contribution in [0.1, 0.15) is 31.7 Å². The molecule has 1 aliphatic heterocycles. The fourth-order valence-electron chi connectivity index (χ4n) is 5.09. The van der Waals surface area contributed by atoms with Gasteiger partial charge in [0, 0.05) is 10.7 Å². The summed E-state index contributed by atoms with van der Waals surface area (Å²) in [5.41, 5.74) is 1.34. The number of carbonyl (C=O) groups is 4. The fourth-order valence-corrected chi connectivity index (χ4v) is 5.26. The minimum Gasteiger partial charge on any atom is -0.454 e. The number of amides is 3. The lowest BCUT2D eigenvalue weighted by Crippen LogP contribution is -2.45. The van der Waals surface area contributed by atoms with E-state index in [-0.39, 0.29) is 35.5 Å². The van der Waals surface area contributed by atoms with Crippen LogP contribution < -0.4 is 5.32 Å². The molecule has 8 heteroatoms. The Bertz CT molecular complexity index is 873. The Morgan fingerprint density at radius 3 is 2.45 bits per heavy atom. The van der Waals surface area contributed by atoms with Gasteiger partial charge in [-0.05, 0) is 62.6 Å². The molecular formula is C21H23ClN2O5. The zero-order valence-corrected chi connectivity index (χ0v) is 17.1. The van der Waals surface area contributed by atoms with Gasteiger partial charge < -0.3 is 10.1 Å². The standard InChI is InChI=1S/C21H23ClN2O5/c1-10-3-6-14(22)8-15(10)23-16(25)9-29-21(28)11(2)24-19(26)17-12-4-5-13(7-12)18(17)20(24)27/h3,6,8,11-13,17-18H,4-5,7,9H2,1-2H3,(H,23,25)/t11-,12+,13+,17-,18-/m0/s1. The van der Waals surface area contributed by atoms with Crippen LogP contribution in [0.3, 0.4) is 0 Å². The Hall–Kier alpha value is -2.41. The number of halogens is 1. The van der Waals surface area contributed by atoms with Crippen molar-refractivity contribution in [3.63, 3.8) is 0 Å². The average Bonchev–Trinajstić information content (AvgIpc) is 3.36. The lowest BCUT2D eigenvalue weighted by Gasteiger charge is -2.23. The molecule has 29 heavy (non-hydrogen) atoms. The number of hydrogen-bond donors (Lipinski definition) is 1. The molecule has 3 fully saturated rings. The van der Waals surface area contributed by atoms with Gasteiger partial charge in [0.05, 0.1) is 11.8 Å². The summed E-state index contributed by atoms with van der Waals surface area (Å²) >= 11 is 5.93. The van der Waals surface area contributed by atoms with Gasteiger partial charge in [-0.2, -0.15) is 0 Å². The van der Waals surface area contributed by atoms with Gasteiger partial charge in [-0.15, -0.1) is 0 Å². The van der Waals surface area contributed by atoms with Gasteiger partial charge in [0.1, 0.15) is 6.04 Å². The number of likely N-dealkylation sites (tertiary alicyclic amines) is 1. The molecule has 0 spiro atoms. The van der Waals surface area contributed by atoms with Crippen molar-refractivity contribution in [1.82, 2.24) is 4.90 Å². The van der Waals surface area contributed by atoms with E-state index in [1.807, 2.05) is 6.92 Å². The van der Waals surface area contributed by atoms with E-state index in [0.717, 1.165) is 29.7 Å². The maximum absolute atomic E-state index is 12.8. The molecule has 1 heterocycles. The van der Waals surface area contributed by atoms with Crippen LogP contribution in [-0.2, 0) is 23.9 Å². The van der Waals surface area contributed by atoms with Gasteiger partial charge in [0.25, 0.3) is 5.91 Å². The van der Waals surface area contributed by atoms with Crippen LogP contribution in [0.25, 0.3) is 0 Å². The predicted molar refractivity (Wildman–Crippen MR) is 105 cm³/mol. The highest BCUT2D eigenvalue weighted by Gasteiger charge is 2.62. The van der Waals surface area contributed by atoms with E-state index in [0.29, 0.717) is 10.7 Å². The highest BCUT2D eigenvalue weighted by molar-refractivity contribution is 6.31. The minimum atomic E-state index is -1.04. The first-order valence-electron chi connectivity index (χ1n) is 9.87. The van der Waals surface area contributed by atoms with Crippen LogP contribution in [0.4, 0.5) is 5.69 Å². The third-order valence-electron chi connectivity index (χ3n) is 6.51. The number of nitrogens with one attached hydrogen (secondary N) is 1. The quantitative estimate of drug-likeness (QED) is 0.586. The zero-order valence-electron chi connectivity index (χ0n) is 16.3. The second-order valence-corrected chi connectivity index (χ2v) is 8.66. The molecule has 154 valence electrons. The first-order valence-corrected chi connectivity index (χ1v) is 10.2. The number of fused-ring (bicyclic) bond motifs is 5. The SMILES string of the molecule is Cc1ccc(Cl)cc1NC(=O)COC(=O)[C@H](C)N1C(=O)[C@H]2[C@@H]3CC[C@H](C3)[C@@H]2C1=O. The molecule has 1 saturated heterocycles. The Morgan fingerprint density at radius 1 is 1.21 bits per heavy atom. The van der Waals surface area contributed by atoms with E-state index < -0.39 is 24.5 Å². The minimum absolute atomic E-state index is 0.251. The van der Waals surface area contributed by atoms with E-state index in [1.165, 1.54) is 6.92 Å². The van der Waals surface area contributed by atoms with Gasteiger partial charge in [0.2, 0.25) is 11.8 Å². The number of benzene rings is 1. The molecule has 1 aromatic rings. The molecule has 3 amide bonds. The Kier molecular flexibility index (Phi) is 5.11. The summed E-state index contributed by atoms with van der Waals surface area (Å²) in [7, 11) is 0. The van der Waals surface area contributed by atoms with Crippen molar-refractivity contribution >= 4 is 41.0 Å². The first kappa shape index (κ1) is 19.9. The molecule has 3 aliphatic rings. The third kappa shape index (κ3) is 3.41. The van der Waals surface area contributed by atoms with Crippen LogP contribution in [-0.4, -0.2) is 41.2 Å². The summed E-state index contributed by atoms with van der Waals surface area (Å²) in [5.74, 6) is -1.90. The Balaban J connectivity index is 1.35. The van der Waals surface area contributed by atoms with E-state index in [2.05, 4.69) is 5.32 Å². The van der Waals surface area contributed by atoms with Gasteiger partial charge in [-0.1, -0.05) is 17.7 Å². The molecule has 4 rings (SSSR count). The van der Waals surface area contributed by atoms with Crippen molar-refractivity contribution in [3.8, 4) is 0 Å². The number of imide groups is 1. The number of rotatable bonds is 5. The van der Waals surface area contributed by atoms with Crippen molar-refractivity contribution in [1.29, 1.82) is 0 Å². The number of esters is 1. The number of hydrogen-bond acceptors (Lipinski definition) is 5. The summed E-state index contributed by atoms with van der Waals surface area (Å²) in [6, 6.07) is 4.04. The number of anilines is 1.